The van der Waals surface area contributed by atoms with Crippen LogP contribution in [0.15, 0.2) is 77.3 Å². The molecule has 0 aliphatic carbocycles. The van der Waals surface area contributed by atoms with E-state index in [0.717, 1.165) is 29.2 Å². The Bertz CT molecular complexity index is 1140. The normalized spacial score (nSPS) is 10.8. The number of hydrogen-bond donors (Lipinski definition) is 2. The largest absolute Gasteiger partial charge is 0.319 e. The Morgan fingerprint density at radius 2 is 1.77 bits per heavy atom. The number of aryl methyl sites for hydroxylation is 2. The number of fused-ring (bicyclic) bond motifs is 1. The molecular formula is C22H20N4O2S2. The van der Waals surface area contributed by atoms with Gasteiger partial charge in [0.05, 0.1) is 21.7 Å². The van der Waals surface area contributed by atoms with E-state index in [-0.39, 0.29) is 17.6 Å². The minimum absolute atomic E-state index is 0.152. The molecule has 0 saturated heterocycles. The molecule has 0 atom stereocenters. The molecule has 2 heterocycles. The number of nitrogens with zero attached hydrogens (tertiary/aromatic N) is 2. The number of amides is 2. The van der Waals surface area contributed by atoms with E-state index in [2.05, 4.69) is 27.6 Å². The smallest absolute Gasteiger partial charge is 0.279 e. The van der Waals surface area contributed by atoms with Crippen LogP contribution in [-0.2, 0) is 17.8 Å². The molecule has 2 aromatic carbocycles. The zero-order valence-electron chi connectivity index (χ0n) is 16.1. The van der Waals surface area contributed by atoms with E-state index in [1.807, 2.05) is 47.8 Å². The van der Waals surface area contributed by atoms with E-state index in [4.69, 9.17) is 4.98 Å². The number of imidazole rings is 1. The summed E-state index contributed by atoms with van der Waals surface area (Å²) >= 11 is 2.68. The van der Waals surface area contributed by atoms with Gasteiger partial charge in [0.2, 0.25) is 5.91 Å². The summed E-state index contributed by atoms with van der Waals surface area (Å²) in [6.07, 6.45) is 0.873. The number of nitrogens with one attached hydrogen (secondary N) is 2. The summed E-state index contributed by atoms with van der Waals surface area (Å²) in [4.78, 5) is 29.4. The highest BCUT2D eigenvalue weighted by molar-refractivity contribution is 7.99. The second-order valence-electron chi connectivity index (χ2n) is 6.54. The third-order valence-electron chi connectivity index (χ3n) is 4.48. The Morgan fingerprint density at radius 3 is 2.57 bits per heavy atom. The average Bonchev–Trinajstić information content (AvgIpc) is 3.43. The fourth-order valence-corrected chi connectivity index (χ4v) is 4.49. The lowest BCUT2D eigenvalue weighted by Crippen LogP contribution is -2.42. The van der Waals surface area contributed by atoms with Crippen molar-refractivity contribution < 1.29 is 9.59 Å². The third kappa shape index (κ3) is 4.90. The molecule has 0 saturated carbocycles. The Labute approximate surface area is 182 Å². The Hall–Kier alpha value is -3.10. The van der Waals surface area contributed by atoms with Crippen LogP contribution in [0.1, 0.15) is 15.2 Å². The summed E-state index contributed by atoms with van der Waals surface area (Å²) in [5.41, 5.74) is 8.10. The lowest BCUT2D eigenvalue weighted by molar-refractivity contribution is -0.119. The number of aromatic nitrogens is 2. The molecule has 0 aliphatic heterocycles. The van der Waals surface area contributed by atoms with Gasteiger partial charge in [-0.1, -0.05) is 60.3 Å². The highest BCUT2D eigenvalue weighted by atomic mass is 32.2. The number of para-hydroxylation sites is 2. The molecule has 4 aromatic rings. The second kappa shape index (κ2) is 9.60. The predicted molar refractivity (Wildman–Crippen MR) is 121 cm³/mol. The zero-order chi connectivity index (χ0) is 20.8. The number of benzene rings is 2. The van der Waals surface area contributed by atoms with E-state index in [9.17, 15) is 9.59 Å². The molecule has 2 amide bonds. The van der Waals surface area contributed by atoms with Crippen LogP contribution in [0.5, 0.6) is 0 Å². The van der Waals surface area contributed by atoms with Crippen LogP contribution >= 0.6 is 23.1 Å². The molecule has 0 fully saturated rings. The lowest BCUT2D eigenvalue weighted by Gasteiger charge is -2.10. The lowest BCUT2D eigenvalue weighted by atomic mass is 10.1. The number of thiophene rings is 1. The van der Waals surface area contributed by atoms with Gasteiger partial charge in [0.15, 0.2) is 5.16 Å². The Kier molecular flexibility index (Phi) is 6.46. The molecule has 8 heteroatoms. The second-order valence-corrected chi connectivity index (χ2v) is 8.43. The molecule has 4 rings (SSSR count). The Morgan fingerprint density at radius 1 is 0.967 bits per heavy atom. The van der Waals surface area contributed by atoms with Gasteiger partial charge in [-0.2, -0.15) is 0 Å². The maximum Gasteiger partial charge on any atom is 0.279 e. The molecule has 2 aromatic heterocycles. The summed E-state index contributed by atoms with van der Waals surface area (Å²) in [5, 5.41) is 2.60. The standard InChI is InChI=1S/C22H20N4O2S2/c27-20(24-25-21(28)19-11-6-14-29-19)15-30-22-23-17-9-4-5-10-18(17)26(22)13-12-16-7-2-1-3-8-16/h1-11,14H,12-13,15H2,(H,24,27)(H,25,28). The molecule has 0 bridgehead atoms. The monoisotopic (exact) mass is 436 g/mol. The van der Waals surface area contributed by atoms with Crippen molar-refractivity contribution in [2.24, 2.45) is 0 Å². The molecule has 30 heavy (non-hydrogen) atoms. The SMILES string of the molecule is O=C(CSc1nc2ccccc2n1CCc1ccccc1)NNC(=O)c1cccs1. The third-order valence-corrected chi connectivity index (χ3v) is 6.32. The highest BCUT2D eigenvalue weighted by Crippen LogP contribution is 2.24. The minimum Gasteiger partial charge on any atom is -0.319 e. The van der Waals surface area contributed by atoms with Crippen molar-refractivity contribution in [3.8, 4) is 0 Å². The van der Waals surface area contributed by atoms with E-state index in [1.165, 1.54) is 28.7 Å². The molecule has 0 unspecified atom stereocenters. The van der Waals surface area contributed by atoms with E-state index in [1.54, 1.807) is 12.1 Å². The maximum atomic E-state index is 12.2. The fraction of sp³-hybridized carbons (Fsp3) is 0.136. The van der Waals surface area contributed by atoms with Crippen molar-refractivity contribution in [2.45, 2.75) is 18.1 Å². The first-order chi connectivity index (χ1) is 14.7. The quantitative estimate of drug-likeness (QED) is 0.340. The molecule has 0 spiro atoms. The number of hydrogen-bond acceptors (Lipinski definition) is 5. The van der Waals surface area contributed by atoms with Gasteiger partial charge < -0.3 is 4.57 Å². The van der Waals surface area contributed by atoms with Crippen LogP contribution in [0.3, 0.4) is 0 Å². The highest BCUT2D eigenvalue weighted by Gasteiger charge is 2.14. The van der Waals surface area contributed by atoms with Crippen LogP contribution in [0, 0.1) is 0 Å². The summed E-state index contributed by atoms with van der Waals surface area (Å²) in [5.74, 6) is -0.454. The predicted octanol–water partition coefficient (Wildman–Crippen LogP) is 3.89. The summed E-state index contributed by atoms with van der Waals surface area (Å²) in [6.45, 7) is 0.767. The number of carbonyl (C=O) groups is 2. The van der Waals surface area contributed by atoms with Gasteiger partial charge in [-0.25, -0.2) is 4.98 Å². The van der Waals surface area contributed by atoms with Gasteiger partial charge in [-0.05, 0) is 35.6 Å². The zero-order valence-corrected chi connectivity index (χ0v) is 17.7. The summed E-state index contributed by atoms with van der Waals surface area (Å²) in [6, 6.07) is 21.7. The number of hydrazine groups is 1. The number of carbonyl (C=O) groups excluding carboxylic acids is 2. The van der Waals surface area contributed by atoms with Gasteiger partial charge in [0.25, 0.3) is 5.91 Å². The van der Waals surface area contributed by atoms with Crippen LogP contribution in [0.4, 0.5) is 0 Å². The van der Waals surface area contributed by atoms with E-state index in [0.29, 0.717) is 4.88 Å². The van der Waals surface area contributed by atoms with Gasteiger partial charge in [-0.3, -0.25) is 20.4 Å². The summed E-state index contributed by atoms with van der Waals surface area (Å²) < 4.78 is 2.14. The molecular weight excluding hydrogens is 416 g/mol. The molecule has 0 aliphatic rings. The summed E-state index contributed by atoms with van der Waals surface area (Å²) in [7, 11) is 0. The fourth-order valence-electron chi connectivity index (χ4n) is 3.03. The number of thioether (sulfide) groups is 1. The molecule has 6 nitrogen and oxygen atoms in total. The molecule has 0 radical (unpaired) electrons. The molecule has 152 valence electrons. The maximum absolute atomic E-state index is 12.2. The first-order valence-electron chi connectivity index (χ1n) is 9.45. The van der Waals surface area contributed by atoms with Crippen molar-refractivity contribution in [3.05, 3.63) is 82.6 Å². The topological polar surface area (TPSA) is 76.0 Å². The van der Waals surface area contributed by atoms with Gasteiger partial charge in [0.1, 0.15) is 0 Å². The van der Waals surface area contributed by atoms with Crippen LogP contribution < -0.4 is 10.9 Å². The van der Waals surface area contributed by atoms with Crippen LogP contribution in [0.2, 0.25) is 0 Å². The van der Waals surface area contributed by atoms with Crippen molar-refractivity contribution in [3.63, 3.8) is 0 Å². The first kappa shape index (κ1) is 20.2. The van der Waals surface area contributed by atoms with Gasteiger partial charge in [-0.15, -0.1) is 11.3 Å². The van der Waals surface area contributed by atoms with Crippen molar-refractivity contribution >= 4 is 45.9 Å². The van der Waals surface area contributed by atoms with Crippen molar-refractivity contribution in [1.29, 1.82) is 0 Å². The van der Waals surface area contributed by atoms with E-state index >= 15 is 0 Å². The van der Waals surface area contributed by atoms with E-state index < -0.39 is 0 Å². The Balaban J connectivity index is 1.40. The number of rotatable bonds is 7. The van der Waals surface area contributed by atoms with Crippen molar-refractivity contribution in [2.75, 3.05) is 5.75 Å². The minimum atomic E-state index is -0.321. The average molecular weight is 437 g/mol. The van der Waals surface area contributed by atoms with Crippen LogP contribution in [-0.4, -0.2) is 27.1 Å². The van der Waals surface area contributed by atoms with Crippen LogP contribution in [0.25, 0.3) is 11.0 Å². The van der Waals surface area contributed by atoms with Gasteiger partial charge >= 0.3 is 0 Å². The molecule has 2 N–H and O–H groups in total. The van der Waals surface area contributed by atoms with Crippen molar-refractivity contribution in [1.82, 2.24) is 20.4 Å². The van der Waals surface area contributed by atoms with Gasteiger partial charge in [0, 0.05) is 6.54 Å². The first-order valence-corrected chi connectivity index (χ1v) is 11.3.